The van der Waals surface area contributed by atoms with Gasteiger partial charge in [0.05, 0.1) is 6.04 Å². The van der Waals surface area contributed by atoms with E-state index in [2.05, 4.69) is 17.6 Å². The molecule has 20 heavy (non-hydrogen) atoms. The zero-order chi connectivity index (χ0) is 14.5. The van der Waals surface area contributed by atoms with Gasteiger partial charge in [0.2, 0.25) is 5.91 Å². The molecule has 6 heteroatoms. The van der Waals surface area contributed by atoms with Crippen molar-refractivity contribution >= 4 is 28.0 Å². The predicted octanol–water partition coefficient (Wildman–Crippen LogP) is 2.12. The Labute approximate surface area is 127 Å². The quantitative estimate of drug-likeness (QED) is 0.838. The van der Waals surface area contributed by atoms with Crippen LogP contribution in [-0.4, -0.2) is 39.1 Å². The molecule has 2 rings (SSSR count). The van der Waals surface area contributed by atoms with Crippen molar-refractivity contribution in [2.24, 2.45) is 0 Å². The lowest BCUT2D eigenvalue weighted by molar-refractivity contribution is -0.130. The number of amides is 1. The summed E-state index contributed by atoms with van der Waals surface area (Å²) in [6.07, 6.45) is 1.78. The third-order valence-electron chi connectivity index (χ3n) is 3.57. The van der Waals surface area contributed by atoms with Crippen LogP contribution in [0.3, 0.4) is 0 Å². The van der Waals surface area contributed by atoms with Gasteiger partial charge in [-0.3, -0.25) is 14.3 Å². The number of nitrogens with zero attached hydrogens (tertiary/aromatic N) is 1. The van der Waals surface area contributed by atoms with Crippen molar-refractivity contribution in [2.45, 2.75) is 38.9 Å². The Morgan fingerprint density at radius 1 is 1.45 bits per heavy atom. The van der Waals surface area contributed by atoms with Gasteiger partial charge in [-0.05, 0) is 28.8 Å². The van der Waals surface area contributed by atoms with Crippen LogP contribution in [0.5, 0.6) is 0 Å². The first-order valence-corrected chi connectivity index (χ1v) is 9.54. The van der Waals surface area contributed by atoms with Gasteiger partial charge in [-0.25, -0.2) is 0 Å². The number of nitrogens with one attached hydrogen (secondary N) is 1. The molecule has 0 aromatic carbocycles. The molecule has 1 saturated heterocycles. The molecular formula is C14H22N2O2S2. The Bertz CT molecular complexity index is 462. The van der Waals surface area contributed by atoms with Crippen LogP contribution in [0.4, 0.5) is 0 Å². The molecule has 4 nitrogen and oxygen atoms in total. The highest BCUT2D eigenvalue weighted by atomic mass is 32.2. The van der Waals surface area contributed by atoms with Gasteiger partial charge in [0, 0.05) is 28.9 Å². The maximum absolute atomic E-state index is 12.5. The van der Waals surface area contributed by atoms with Gasteiger partial charge in [-0.1, -0.05) is 20.3 Å². The van der Waals surface area contributed by atoms with Gasteiger partial charge >= 0.3 is 0 Å². The van der Waals surface area contributed by atoms with Crippen LogP contribution in [0, 0.1) is 0 Å². The van der Waals surface area contributed by atoms with E-state index in [4.69, 9.17) is 0 Å². The van der Waals surface area contributed by atoms with E-state index in [0.29, 0.717) is 18.1 Å². The molecule has 1 fully saturated rings. The molecule has 1 aromatic rings. The van der Waals surface area contributed by atoms with Gasteiger partial charge in [0.15, 0.2) is 0 Å². The molecule has 2 heterocycles. The number of carbonyl (C=O) groups is 1. The summed E-state index contributed by atoms with van der Waals surface area (Å²) in [7, 11) is -0.834. The van der Waals surface area contributed by atoms with Gasteiger partial charge in [0.25, 0.3) is 0 Å². The summed E-state index contributed by atoms with van der Waals surface area (Å²) in [4.78, 5) is 14.3. The topological polar surface area (TPSA) is 49.4 Å². The molecule has 1 N–H and O–H groups in total. The Morgan fingerprint density at radius 2 is 2.25 bits per heavy atom. The fourth-order valence-corrected chi connectivity index (χ4v) is 3.83. The second-order valence-electron chi connectivity index (χ2n) is 4.93. The normalized spacial score (nSPS) is 24.3. The van der Waals surface area contributed by atoms with Crippen molar-refractivity contribution < 1.29 is 9.00 Å². The van der Waals surface area contributed by atoms with Crippen LogP contribution >= 0.6 is 11.3 Å². The first kappa shape index (κ1) is 15.7. The van der Waals surface area contributed by atoms with Crippen molar-refractivity contribution in [1.29, 1.82) is 0 Å². The highest BCUT2D eigenvalue weighted by Gasteiger charge is 2.38. The lowest BCUT2D eigenvalue weighted by Gasteiger charge is -2.23. The zero-order valence-electron chi connectivity index (χ0n) is 12.0. The Kier molecular flexibility index (Phi) is 5.74. The number of hydrogen-bond donors (Lipinski definition) is 1. The molecule has 3 unspecified atom stereocenters. The van der Waals surface area contributed by atoms with Gasteiger partial charge < -0.3 is 4.90 Å². The molecule has 0 spiro atoms. The van der Waals surface area contributed by atoms with E-state index in [1.54, 1.807) is 11.3 Å². The molecule has 3 atom stereocenters. The minimum Gasteiger partial charge on any atom is -0.321 e. The minimum absolute atomic E-state index is 0.0563. The van der Waals surface area contributed by atoms with Crippen LogP contribution in [0.15, 0.2) is 16.8 Å². The lowest BCUT2D eigenvalue weighted by atomic mass is 10.2. The molecule has 112 valence electrons. The van der Waals surface area contributed by atoms with Crippen LogP contribution in [0.1, 0.15) is 38.4 Å². The first-order chi connectivity index (χ1) is 9.67. The Hall–Kier alpha value is -0.720. The molecular weight excluding hydrogens is 292 g/mol. The van der Waals surface area contributed by atoms with E-state index in [1.807, 2.05) is 23.3 Å². The van der Waals surface area contributed by atoms with E-state index in [1.165, 1.54) is 0 Å². The average molecular weight is 314 g/mol. The van der Waals surface area contributed by atoms with Crippen molar-refractivity contribution in [3.05, 3.63) is 22.4 Å². The zero-order valence-corrected chi connectivity index (χ0v) is 13.6. The van der Waals surface area contributed by atoms with Crippen molar-refractivity contribution in [3.8, 4) is 0 Å². The maximum Gasteiger partial charge on any atom is 0.241 e. The standard InChI is InChI=1S/C14H22N2O2S2/c1-3-5-12-14(17)16(7-9-20(18)4-2)13(15-12)11-6-8-19-10-11/h6,8,10,12-13,15H,3-5,7,9H2,1-2H3. The van der Waals surface area contributed by atoms with E-state index in [-0.39, 0.29) is 18.1 Å². The number of carbonyl (C=O) groups excluding carboxylic acids is 1. The summed E-state index contributed by atoms with van der Waals surface area (Å²) in [5, 5.41) is 7.52. The van der Waals surface area contributed by atoms with Gasteiger partial charge in [0.1, 0.15) is 6.17 Å². The number of thiophene rings is 1. The molecule has 0 saturated carbocycles. The summed E-state index contributed by atoms with van der Waals surface area (Å²) in [5.41, 5.74) is 1.13. The highest BCUT2D eigenvalue weighted by Crippen LogP contribution is 2.28. The third-order valence-corrected chi connectivity index (χ3v) is 5.55. The molecule has 1 amide bonds. The third kappa shape index (κ3) is 3.48. The second-order valence-corrected chi connectivity index (χ2v) is 7.58. The van der Waals surface area contributed by atoms with Crippen LogP contribution in [0.2, 0.25) is 0 Å². The SMILES string of the molecule is CCCC1NC(c2ccsc2)N(CCS(=O)CC)C1=O. The van der Waals surface area contributed by atoms with Crippen molar-refractivity contribution in [2.75, 3.05) is 18.1 Å². The average Bonchev–Trinajstić information content (AvgIpc) is 3.06. The van der Waals surface area contributed by atoms with Crippen molar-refractivity contribution in [1.82, 2.24) is 10.2 Å². The highest BCUT2D eigenvalue weighted by molar-refractivity contribution is 7.84. The van der Waals surface area contributed by atoms with E-state index < -0.39 is 10.8 Å². The summed E-state index contributed by atoms with van der Waals surface area (Å²) in [6, 6.07) is 1.95. The maximum atomic E-state index is 12.5. The summed E-state index contributed by atoms with van der Waals surface area (Å²) >= 11 is 1.64. The summed E-state index contributed by atoms with van der Waals surface area (Å²) in [6.45, 7) is 4.56. The largest absolute Gasteiger partial charge is 0.321 e. The van der Waals surface area contributed by atoms with Gasteiger partial charge in [-0.2, -0.15) is 11.3 Å². The summed E-state index contributed by atoms with van der Waals surface area (Å²) in [5.74, 6) is 1.36. The van der Waals surface area contributed by atoms with Crippen LogP contribution < -0.4 is 5.32 Å². The van der Waals surface area contributed by atoms with E-state index >= 15 is 0 Å². The smallest absolute Gasteiger partial charge is 0.241 e. The second kappa shape index (κ2) is 7.33. The number of rotatable bonds is 7. The fourth-order valence-electron chi connectivity index (χ4n) is 2.47. The van der Waals surface area contributed by atoms with E-state index in [9.17, 15) is 9.00 Å². The molecule has 1 aliphatic rings. The summed E-state index contributed by atoms with van der Waals surface area (Å²) < 4.78 is 11.6. The fraction of sp³-hybridized carbons (Fsp3) is 0.643. The molecule has 0 aliphatic carbocycles. The Balaban J connectivity index is 2.10. The van der Waals surface area contributed by atoms with Gasteiger partial charge in [-0.15, -0.1) is 0 Å². The molecule has 0 radical (unpaired) electrons. The minimum atomic E-state index is -0.834. The van der Waals surface area contributed by atoms with E-state index in [0.717, 1.165) is 18.4 Å². The number of hydrogen-bond acceptors (Lipinski definition) is 4. The first-order valence-electron chi connectivity index (χ1n) is 7.11. The van der Waals surface area contributed by atoms with Crippen LogP contribution in [0.25, 0.3) is 0 Å². The molecule has 1 aliphatic heterocycles. The predicted molar refractivity (Wildman–Crippen MR) is 84.2 cm³/mol. The van der Waals surface area contributed by atoms with Crippen molar-refractivity contribution in [3.63, 3.8) is 0 Å². The Morgan fingerprint density at radius 3 is 2.85 bits per heavy atom. The lowest BCUT2D eigenvalue weighted by Crippen LogP contribution is -2.34. The van der Waals surface area contributed by atoms with Crippen LogP contribution in [-0.2, 0) is 15.6 Å². The molecule has 0 bridgehead atoms. The monoisotopic (exact) mass is 314 g/mol. The molecule has 1 aromatic heterocycles.